The number of non-ortho nitro benzene ring substituents is 1. The molecule has 0 unspecified atom stereocenters. The lowest BCUT2D eigenvalue weighted by molar-refractivity contribution is -0.384. The van der Waals surface area contributed by atoms with Gasteiger partial charge in [-0.15, -0.1) is 0 Å². The summed E-state index contributed by atoms with van der Waals surface area (Å²) in [5.41, 5.74) is 1.91. The number of thiazole rings is 1. The summed E-state index contributed by atoms with van der Waals surface area (Å²) >= 11 is 1.44. The van der Waals surface area contributed by atoms with Gasteiger partial charge in [-0.1, -0.05) is 29.5 Å². The average Bonchev–Trinajstić information content (AvgIpc) is 2.98. The SMILES string of the molecule is COc1ccccc1CN(C)c1nc2ccc([N+](=O)[O-])cc2s1. The van der Waals surface area contributed by atoms with Crippen molar-refractivity contribution < 1.29 is 9.66 Å². The first-order valence-corrected chi connectivity index (χ1v) is 7.78. The van der Waals surface area contributed by atoms with E-state index in [0.29, 0.717) is 6.54 Å². The number of aromatic nitrogens is 1. The minimum absolute atomic E-state index is 0.0834. The minimum atomic E-state index is -0.391. The number of rotatable bonds is 5. The molecule has 1 heterocycles. The second-order valence-corrected chi connectivity index (χ2v) is 6.08. The Bertz CT molecular complexity index is 863. The highest BCUT2D eigenvalue weighted by Crippen LogP contribution is 2.32. The number of nitro groups is 1. The van der Waals surface area contributed by atoms with Crippen LogP contribution in [-0.4, -0.2) is 24.1 Å². The van der Waals surface area contributed by atoms with Crippen molar-refractivity contribution in [3.05, 3.63) is 58.1 Å². The number of methoxy groups -OCH3 is 1. The Labute approximate surface area is 137 Å². The fraction of sp³-hybridized carbons (Fsp3) is 0.188. The number of anilines is 1. The fourth-order valence-electron chi connectivity index (χ4n) is 2.33. The molecule has 0 atom stereocenters. The Morgan fingerprint density at radius 2 is 2.09 bits per heavy atom. The molecule has 0 radical (unpaired) electrons. The first-order chi connectivity index (χ1) is 11.1. The standard InChI is InChI=1S/C16H15N3O3S/c1-18(10-11-5-3-4-6-14(11)22-2)16-17-13-8-7-12(19(20)21)9-15(13)23-16/h3-9H,10H2,1-2H3. The third-order valence-corrected chi connectivity index (χ3v) is 4.63. The Kier molecular flexibility index (Phi) is 4.12. The highest BCUT2D eigenvalue weighted by Gasteiger charge is 2.14. The first-order valence-electron chi connectivity index (χ1n) is 6.96. The predicted molar refractivity (Wildman–Crippen MR) is 91.4 cm³/mol. The number of hydrogen-bond donors (Lipinski definition) is 0. The Balaban J connectivity index is 1.88. The molecule has 118 valence electrons. The molecule has 6 nitrogen and oxygen atoms in total. The van der Waals surface area contributed by atoms with E-state index in [-0.39, 0.29) is 5.69 Å². The second kappa shape index (κ2) is 6.21. The van der Waals surface area contributed by atoms with E-state index in [1.165, 1.54) is 17.4 Å². The normalized spacial score (nSPS) is 10.7. The molecular weight excluding hydrogens is 314 g/mol. The number of ether oxygens (including phenoxy) is 1. The number of benzene rings is 2. The lowest BCUT2D eigenvalue weighted by atomic mass is 10.2. The summed E-state index contributed by atoms with van der Waals surface area (Å²) in [6.07, 6.45) is 0. The zero-order valence-electron chi connectivity index (χ0n) is 12.7. The molecule has 7 heteroatoms. The molecule has 0 amide bonds. The molecule has 2 aromatic carbocycles. The van der Waals surface area contributed by atoms with E-state index in [1.807, 2.05) is 36.2 Å². The van der Waals surface area contributed by atoms with E-state index in [9.17, 15) is 10.1 Å². The van der Waals surface area contributed by atoms with Gasteiger partial charge in [0.1, 0.15) is 5.75 Å². The van der Waals surface area contributed by atoms with Gasteiger partial charge in [-0.25, -0.2) is 4.98 Å². The van der Waals surface area contributed by atoms with E-state index >= 15 is 0 Å². The summed E-state index contributed by atoms with van der Waals surface area (Å²) in [6.45, 7) is 0.645. The monoisotopic (exact) mass is 329 g/mol. The zero-order chi connectivity index (χ0) is 16.4. The van der Waals surface area contributed by atoms with E-state index < -0.39 is 4.92 Å². The van der Waals surface area contributed by atoms with Gasteiger partial charge in [-0.2, -0.15) is 0 Å². The van der Waals surface area contributed by atoms with E-state index in [0.717, 1.165) is 26.7 Å². The van der Waals surface area contributed by atoms with Crippen LogP contribution in [0.3, 0.4) is 0 Å². The highest BCUT2D eigenvalue weighted by molar-refractivity contribution is 7.22. The van der Waals surface area contributed by atoms with Crippen molar-refractivity contribution in [3.63, 3.8) is 0 Å². The number of fused-ring (bicyclic) bond motifs is 1. The van der Waals surface area contributed by atoms with Crippen molar-refractivity contribution in [1.29, 1.82) is 0 Å². The van der Waals surface area contributed by atoms with Gasteiger partial charge < -0.3 is 9.64 Å². The lowest BCUT2D eigenvalue weighted by Gasteiger charge is -2.17. The van der Waals surface area contributed by atoms with Crippen LogP contribution < -0.4 is 9.64 Å². The summed E-state index contributed by atoms with van der Waals surface area (Å²) in [5, 5.41) is 11.7. The molecule has 0 N–H and O–H groups in total. The maximum atomic E-state index is 10.9. The number of hydrogen-bond acceptors (Lipinski definition) is 6. The molecule has 0 saturated heterocycles. The average molecular weight is 329 g/mol. The van der Waals surface area contributed by atoms with Crippen LogP contribution in [0.4, 0.5) is 10.8 Å². The third kappa shape index (κ3) is 3.09. The van der Waals surface area contributed by atoms with Crippen molar-refractivity contribution in [1.82, 2.24) is 4.98 Å². The summed E-state index contributed by atoms with van der Waals surface area (Å²) in [6, 6.07) is 12.6. The van der Waals surface area contributed by atoms with Crippen molar-refractivity contribution >= 4 is 32.4 Å². The van der Waals surface area contributed by atoms with Crippen LogP contribution >= 0.6 is 11.3 Å². The highest BCUT2D eigenvalue weighted by atomic mass is 32.1. The van der Waals surface area contributed by atoms with E-state index in [1.54, 1.807) is 19.2 Å². The van der Waals surface area contributed by atoms with Gasteiger partial charge in [-0.05, 0) is 12.1 Å². The van der Waals surface area contributed by atoms with Crippen LogP contribution in [0, 0.1) is 10.1 Å². The van der Waals surface area contributed by atoms with Gasteiger partial charge in [0, 0.05) is 31.3 Å². The fourth-order valence-corrected chi connectivity index (χ4v) is 3.29. The number of nitro benzene ring substituents is 1. The molecule has 0 spiro atoms. The van der Waals surface area contributed by atoms with E-state index in [4.69, 9.17) is 4.74 Å². The summed E-state index contributed by atoms with van der Waals surface area (Å²) in [7, 11) is 3.59. The molecule has 0 fully saturated rings. The molecule has 3 aromatic rings. The van der Waals surface area contributed by atoms with Gasteiger partial charge >= 0.3 is 0 Å². The Morgan fingerprint density at radius 3 is 2.83 bits per heavy atom. The van der Waals surface area contributed by atoms with Crippen LogP contribution in [0.25, 0.3) is 10.2 Å². The predicted octanol–water partition coefficient (Wildman–Crippen LogP) is 3.85. The molecule has 0 aliphatic rings. The van der Waals surface area contributed by atoms with Crippen LogP contribution in [-0.2, 0) is 6.54 Å². The van der Waals surface area contributed by atoms with Crippen LogP contribution in [0.2, 0.25) is 0 Å². The topological polar surface area (TPSA) is 68.5 Å². The van der Waals surface area contributed by atoms with Crippen LogP contribution in [0.15, 0.2) is 42.5 Å². The minimum Gasteiger partial charge on any atom is -0.496 e. The van der Waals surface area contributed by atoms with Gasteiger partial charge in [0.05, 0.1) is 22.2 Å². The summed E-state index contributed by atoms with van der Waals surface area (Å²) in [4.78, 5) is 17.0. The Hall–Kier alpha value is -2.67. The van der Waals surface area contributed by atoms with Gasteiger partial charge in [-0.3, -0.25) is 10.1 Å². The van der Waals surface area contributed by atoms with Crippen molar-refractivity contribution in [2.24, 2.45) is 0 Å². The van der Waals surface area contributed by atoms with Crippen LogP contribution in [0.1, 0.15) is 5.56 Å². The van der Waals surface area contributed by atoms with E-state index in [2.05, 4.69) is 4.98 Å². The third-order valence-electron chi connectivity index (χ3n) is 3.50. The summed E-state index contributed by atoms with van der Waals surface area (Å²) < 4.78 is 6.17. The zero-order valence-corrected chi connectivity index (χ0v) is 13.5. The maximum absolute atomic E-state index is 10.9. The molecule has 0 aliphatic heterocycles. The molecule has 0 bridgehead atoms. The first kappa shape index (κ1) is 15.2. The maximum Gasteiger partial charge on any atom is 0.270 e. The molecular formula is C16H15N3O3S. The van der Waals surface area contributed by atoms with Crippen molar-refractivity contribution in [2.45, 2.75) is 6.54 Å². The molecule has 0 aliphatic carbocycles. The molecule has 23 heavy (non-hydrogen) atoms. The van der Waals surface area contributed by atoms with Crippen molar-refractivity contribution in [2.75, 3.05) is 19.1 Å². The largest absolute Gasteiger partial charge is 0.496 e. The lowest BCUT2D eigenvalue weighted by Crippen LogP contribution is -2.16. The quantitative estimate of drug-likeness (QED) is 0.525. The van der Waals surface area contributed by atoms with Crippen LogP contribution in [0.5, 0.6) is 5.75 Å². The molecule has 1 aromatic heterocycles. The van der Waals surface area contributed by atoms with Gasteiger partial charge in [0.15, 0.2) is 5.13 Å². The number of para-hydroxylation sites is 1. The number of nitrogens with zero attached hydrogens (tertiary/aromatic N) is 3. The molecule has 3 rings (SSSR count). The van der Waals surface area contributed by atoms with Gasteiger partial charge in [0.2, 0.25) is 0 Å². The molecule has 0 saturated carbocycles. The summed E-state index contributed by atoms with van der Waals surface area (Å²) in [5.74, 6) is 0.830. The smallest absolute Gasteiger partial charge is 0.270 e. The second-order valence-electron chi connectivity index (χ2n) is 5.07. The van der Waals surface area contributed by atoms with Gasteiger partial charge in [0.25, 0.3) is 5.69 Å². The Morgan fingerprint density at radius 1 is 1.30 bits per heavy atom. The van der Waals surface area contributed by atoms with Crippen molar-refractivity contribution in [3.8, 4) is 5.75 Å².